The molecule has 2 aromatic carbocycles. The first kappa shape index (κ1) is 18.9. The van der Waals surface area contributed by atoms with E-state index in [2.05, 4.69) is 0 Å². The molecule has 2 aliphatic heterocycles. The van der Waals surface area contributed by atoms with E-state index in [-0.39, 0.29) is 22.7 Å². The summed E-state index contributed by atoms with van der Waals surface area (Å²) in [5, 5.41) is 11.1. The second kappa shape index (κ2) is 7.32. The number of furan rings is 1. The van der Waals surface area contributed by atoms with E-state index in [1.807, 2.05) is 0 Å². The molecule has 31 heavy (non-hydrogen) atoms. The first-order valence-corrected chi connectivity index (χ1v) is 9.54. The highest BCUT2D eigenvalue weighted by atomic mass is 19.1. The molecule has 1 unspecified atom stereocenters. The second-order valence-corrected chi connectivity index (χ2v) is 7.02. The van der Waals surface area contributed by atoms with Gasteiger partial charge in [0.1, 0.15) is 36.6 Å². The van der Waals surface area contributed by atoms with Crippen molar-refractivity contribution < 1.29 is 33.0 Å². The number of hydrogen-bond donors (Lipinski definition) is 1. The van der Waals surface area contributed by atoms with E-state index >= 15 is 0 Å². The third-order valence-electron chi connectivity index (χ3n) is 5.18. The van der Waals surface area contributed by atoms with Gasteiger partial charge in [0.25, 0.3) is 11.7 Å². The summed E-state index contributed by atoms with van der Waals surface area (Å²) >= 11 is 0. The third-order valence-corrected chi connectivity index (χ3v) is 5.18. The lowest BCUT2D eigenvalue weighted by atomic mass is 9.99. The van der Waals surface area contributed by atoms with Crippen LogP contribution in [0.25, 0.3) is 5.76 Å². The average Bonchev–Trinajstić information content (AvgIpc) is 3.41. The van der Waals surface area contributed by atoms with Crippen molar-refractivity contribution in [3.63, 3.8) is 0 Å². The van der Waals surface area contributed by atoms with Gasteiger partial charge in [-0.3, -0.25) is 14.5 Å². The van der Waals surface area contributed by atoms with Gasteiger partial charge in [-0.2, -0.15) is 0 Å². The largest absolute Gasteiger partial charge is 0.507 e. The van der Waals surface area contributed by atoms with Crippen molar-refractivity contribution in [2.75, 3.05) is 18.1 Å². The van der Waals surface area contributed by atoms with Crippen LogP contribution in [0.15, 0.2) is 70.9 Å². The predicted octanol–water partition coefficient (Wildman–Crippen LogP) is 3.82. The summed E-state index contributed by atoms with van der Waals surface area (Å²) in [5.41, 5.74) is 0.449. The van der Waals surface area contributed by atoms with Crippen molar-refractivity contribution in [2.24, 2.45) is 0 Å². The van der Waals surface area contributed by atoms with Crippen LogP contribution in [0.2, 0.25) is 0 Å². The van der Waals surface area contributed by atoms with Crippen LogP contribution in [0.4, 0.5) is 10.1 Å². The van der Waals surface area contributed by atoms with Crippen molar-refractivity contribution in [3.8, 4) is 11.5 Å². The zero-order chi connectivity index (χ0) is 21.5. The molecule has 1 aromatic heterocycles. The molecule has 3 aromatic rings. The highest BCUT2D eigenvalue weighted by Crippen LogP contribution is 2.43. The molecule has 1 saturated heterocycles. The van der Waals surface area contributed by atoms with Crippen molar-refractivity contribution in [2.45, 2.75) is 6.04 Å². The Balaban J connectivity index is 1.66. The van der Waals surface area contributed by atoms with Crippen LogP contribution >= 0.6 is 0 Å². The number of halogens is 1. The summed E-state index contributed by atoms with van der Waals surface area (Å²) in [6.07, 6.45) is 1.41. The molecule has 156 valence electrons. The number of rotatable bonds is 3. The highest BCUT2D eigenvalue weighted by Gasteiger charge is 2.48. The molecular weight excluding hydrogens is 405 g/mol. The maximum atomic E-state index is 13.4. The SMILES string of the molecule is O=C1C(=O)N(c2ccc(F)cc2)C(c2ccco2)/C1=C(/O)c1ccc2c(c1)OCCO2. The van der Waals surface area contributed by atoms with E-state index in [0.717, 1.165) is 0 Å². The summed E-state index contributed by atoms with van der Waals surface area (Å²) < 4.78 is 29.9. The Morgan fingerprint density at radius 1 is 1.00 bits per heavy atom. The van der Waals surface area contributed by atoms with Crippen LogP contribution < -0.4 is 14.4 Å². The van der Waals surface area contributed by atoms with Crippen molar-refractivity contribution >= 4 is 23.1 Å². The normalized spacial score (nSPS) is 19.6. The van der Waals surface area contributed by atoms with Gasteiger partial charge in [-0.05, 0) is 54.6 Å². The van der Waals surface area contributed by atoms with Gasteiger partial charge in [0, 0.05) is 11.3 Å². The molecule has 1 amide bonds. The first-order valence-electron chi connectivity index (χ1n) is 9.54. The number of nitrogens with zero attached hydrogens (tertiary/aromatic N) is 1. The van der Waals surface area contributed by atoms with Gasteiger partial charge < -0.3 is 19.0 Å². The quantitative estimate of drug-likeness (QED) is 0.393. The van der Waals surface area contributed by atoms with Crippen LogP contribution in [-0.4, -0.2) is 30.0 Å². The smallest absolute Gasteiger partial charge is 0.300 e. The number of aliphatic hydroxyl groups excluding tert-OH is 1. The molecule has 0 bridgehead atoms. The van der Waals surface area contributed by atoms with Gasteiger partial charge in [0.05, 0.1) is 11.8 Å². The molecule has 3 heterocycles. The third kappa shape index (κ3) is 3.13. The number of ketones is 1. The van der Waals surface area contributed by atoms with Gasteiger partial charge in [-0.15, -0.1) is 0 Å². The Morgan fingerprint density at radius 3 is 2.45 bits per heavy atom. The van der Waals surface area contributed by atoms with Crippen LogP contribution in [0.1, 0.15) is 17.4 Å². The molecule has 5 rings (SSSR count). The van der Waals surface area contributed by atoms with Gasteiger partial charge >= 0.3 is 0 Å². The molecule has 0 aliphatic carbocycles. The topological polar surface area (TPSA) is 89.2 Å². The van der Waals surface area contributed by atoms with E-state index in [4.69, 9.17) is 13.9 Å². The first-order chi connectivity index (χ1) is 15.0. The minimum Gasteiger partial charge on any atom is -0.507 e. The number of hydrogen-bond acceptors (Lipinski definition) is 6. The molecule has 0 saturated carbocycles. The molecule has 8 heteroatoms. The Hall–Kier alpha value is -4.07. The van der Waals surface area contributed by atoms with E-state index in [1.54, 1.807) is 30.3 Å². The van der Waals surface area contributed by atoms with Crippen LogP contribution in [0.5, 0.6) is 11.5 Å². The average molecular weight is 421 g/mol. The van der Waals surface area contributed by atoms with Gasteiger partial charge in [-0.25, -0.2) is 4.39 Å². The highest BCUT2D eigenvalue weighted by molar-refractivity contribution is 6.51. The molecular formula is C23H16FNO6. The summed E-state index contributed by atoms with van der Waals surface area (Å²) in [6, 6.07) is 12.1. The monoisotopic (exact) mass is 421 g/mol. The zero-order valence-corrected chi connectivity index (χ0v) is 16.1. The Kier molecular flexibility index (Phi) is 4.47. The van der Waals surface area contributed by atoms with Crippen molar-refractivity contribution in [1.29, 1.82) is 0 Å². The minimum atomic E-state index is -1.02. The molecule has 1 atom stereocenters. The predicted molar refractivity (Wildman–Crippen MR) is 107 cm³/mol. The summed E-state index contributed by atoms with van der Waals surface area (Å²) in [4.78, 5) is 27.1. The fraction of sp³-hybridized carbons (Fsp3) is 0.130. The number of carbonyl (C=O) groups is 2. The Labute approximate surface area is 175 Å². The van der Waals surface area contributed by atoms with Crippen LogP contribution in [0, 0.1) is 5.82 Å². The molecule has 1 fully saturated rings. The number of benzene rings is 2. The Bertz CT molecular complexity index is 1200. The molecule has 1 N–H and O–H groups in total. The maximum Gasteiger partial charge on any atom is 0.300 e. The zero-order valence-electron chi connectivity index (χ0n) is 16.1. The molecule has 0 spiro atoms. The van der Waals surface area contributed by atoms with Crippen molar-refractivity contribution in [1.82, 2.24) is 0 Å². The molecule has 7 nitrogen and oxygen atoms in total. The van der Waals surface area contributed by atoms with Gasteiger partial charge in [0.15, 0.2) is 11.5 Å². The van der Waals surface area contributed by atoms with E-state index in [9.17, 15) is 19.1 Å². The molecule has 2 aliphatic rings. The minimum absolute atomic E-state index is 0.138. The van der Waals surface area contributed by atoms with E-state index < -0.39 is 23.5 Å². The van der Waals surface area contributed by atoms with Crippen molar-refractivity contribution in [3.05, 3.63) is 83.6 Å². The van der Waals surface area contributed by atoms with Crippen LogP contribution in [0.3, 0.4) is 0 Å². The number of carbonyl (C=O) groups excluding carboxylic acids is 2. The number of anilines is 1. The van der Waals surface area contributed by atoms with E-state index in [0.29, 0.717) is 30.4 Å². The summed E-state index contributed by atoms with van der Waals surface area (Å²) in [5.74, 6) is -1.35. The number of ether oxygens (including phenoxy) is 2. The fourth-order valence-corrected chi connectivity index (χ4v) is 3.76. The number of Topliss-reactive ketones (excluding diaryl/α,β-unsaturated/α-hetero) is 1. The standard InChI is InChI=1S/C23H16FNO6/c24-14-4-6-15(7-5-14)25-20(17-2-1-9-29-17)19(22(27)23(25)28)21(26)13-3-8-16-18(12-13)31-11-10-30-16/h1-9,12,20,26H,10-11H2/b21-19-. The van der Waals surface area contributed by atoms with Crippen LogP contribution in [-0.2, 0) is 9.59 Å². The summed E-state index contributed by atoms with van der Waals surface area (Å²) in [6.45, 7) is 0.776. The summed E-state index contributed by atoms with van der Waals surface area (Å²) in [7, 11) is 0. The van der Waals surface area contributed by atoms with Gasteiger partial charge in [-0.1, -0.05) is 0 Å². The lowest BCUT2D eigenvalue weighted by Gasteiger charge is -2.23. The number of fused-ring (bicyclic) bond motifs is 1. The number of aliphatic hydroxyl groups is 1. The lowest BCUT2D eigenvalue weighted by Crippen LogP contribution is -2.29. The fourth-order valence-electron chi connectivity index (χ4n) is 3.76. The molecule has 0 radical (unpaired) electrons. The van der Waals surface area contributed by atoms with Gasteiger partial charge in [0.2, 0.25) is 0 Å². The number of amides is 1. The lowest BCUT2D eigenvalue weighted by molar-refractivity contribution is -0.132. The Morgan fingerprint density at radius 2 is 1.74 bits per heavy atom. The van der Waals surface area contributed by atoms with E-state index in [1.165, 1.54) is 35.4 Å². The maximum absolute atomic E-state index is 13.4. The second-order valence-electron chi connectivity index (χ2n) is 7.02.